The SMILES string of the molecule is Nc1ccc(Cl)cc1N1CCC2(CCCC2)CC1. The van der Waals surface area contributed by atoms with Gasteiger partial charge in [0.15, 0.2) is 0 Å². The molecule has 0 atom stereocenters. The first-order valence-corrected chi connectivity index (χ1v) is 7.36. The summed E-state index contributed by atoms with van der Waals surface area (Å²) in [7, 11) is 0. The molecule has 1 spiro atoms. The summed E-state index contributed by atoms with van der Waals surface area (Å²) in [5.41, 5.74) is 8.69. The van der Waals surface area contributed by atoms with Gasteiger partial charge in [-0.3, -0.25) is 0 Å². The van der Waals surface area contributed by atoms with Crippen molar-refractivity contribution in [2.24, 2.45) is 5.41 Å². The van der Waals surface area contributed by atoms with Crippen molar-refractivity contribution in [2.45, 2.75) is 38.5 Å². The van der Waals surface area contributed by atoms with Crippen LogP contribution in [-0.2, 0) is 0 Å². The maximum Gasteiger partial charge on any atom is 0.0614 e. The van der Waals surface area contributed by atoms with Crippen LogP contribution in [0.15, 0.2) is 18.2 Å². The van der Waals surface area contributed by atoms with Gasteiger partial charge < -0.3 is 10.6 Å². The summed E-state index contributed by atoms with van der Waals surface area (Å²) in [6, 6.07) is 5.78. The second kappa shape index (κ2) is 4.65. The Morgan fingerprint density at radius 3 is 2.39 bits per heavy atom. The van der Waals surface area contributed by atoms with Gasteiger partial charge in [0, 0.05) is 18.1 Å². The zero-order valence-corrected chi connectivity index (χ0v) is 11.5. The topological polar surface area (TPSA) is 29.3 Å². The molecular weight excluding hydrogens is 244 g/mol. The van der Waals surface area contributed by atoms with Gasteiger partial charge in [-0.25, -0.2) is 0 Å². The molecular formula is C15H21ClN2. The lowest BCUT2D eigenvalue weighted by atomic mass is 9.77. The summed E-state index contributed by atoms with van der Waals surface area (Å²) in [4.78, 5) is 2.41. The van der Waals surface area contributed by atoms with E-state index >= 15 is 0 Å². The molecule has 0 radical (unpaired) electrons. The minimum atomic E-state index is 0.657. The van der Waals surface area contributed by atoms with E-state index < -0.39 is 0 Å². The lowest BCUT2D eigenvalue weighted by molar-refractivity contribution is 0.226. The molecule has 1 aliphatic heterocycles. The van der Waals surface area contributed by atoms with Crippen LogP contribution in [0.2, 0.25) is 5.02 Å². The van der Waals surface area contributed by atoms with Gasteiger partial charge >= 0.3 is 0 Å². The predicted octanol–water partition coefficient (Wildman–Crippen LogP) is 4.08. The van der Waals surface area contributed by atoms with Crippen molar-refractivity contribution in [1.82, 2.24) is 0 Å². The molecule has 3 rings (SSSR count). The van der Waals surface area contributed by atoms with Crippen molar-refractivity contribution in [3.05, 3.63) is 23.2 Å². The number of rotatable bonds is 1. The van der Waals surface area contributed by atoms with Crippen LogP contribution < -0.4 is 10.6 Å². The molecule has 2 aliphatic rings. The van der Waals surface area contributed by atoms with Crippen LogP contribution in [0.3, 0.4) is 0 Å². The Morgan fingerprint density at radius 1 is 1.06 bits per heavy atom. The van der Waals surface area contributed by atoms with E-state index in [4.69, 9.17) is 17.3 Å². The Bertz CT molecular complexity index is 428. The molecule has 1 aromatic rings. The van der Waals surface area contributed by atoms with E-state index in [-0.39, 0.29) is 0 Å². The number of anilines is 2. The molecule has 18 heavy (non-hydrogen) atoms. The van der Waals surface area contributed by atoms with Gasteiger partial charge in [-0.15, -0.1) is 0 Å². The van der Waals surface area contributed by atoms with Crippen LogP contribution >= 0.6 is 11.6 Å². The highest BCUT2D eigenvalue weighted by Gasteiger charge is 2.37. The average Bonchev–Trinajstić information content (AvgIpc) is 2.82. The second-order valence-corrected chi connectivity index (χ2v) is 6.33. The molecule has 2 N–H and O–H groups in total. The number of nitrogens with two attached hydrogens (primary N) is 1. The molecule has 1 heterocycles. The van der Waals surface area contributed by atoms with E-state index in [1.807, 2.05) is 18.2 Å². The van der Waals surface area contributed by atoms with Crippen molar-refractivity contribution in [3.63, 3.8) is 0 Å². The number of nitrogen functional groups attached to an aromatic ring is 1. The summed E-state index contributed by atoms with van der Waals surface area (Å²) < 4.78 is 0. The van der Waals surface area contributed by atoms with E-state index in [2.05, 4.69) is 4.90 Å². The van der Waals surface area contributed by atoms with Crippen LogP contribution in [0.25, 0.3) is 0 Å². The predicted molar refractivity (Wildman–Crippen MR) is 78.2 cm³/mol. The fourth-order valence-corrected chi connectivity index (χ4v) is 3.80. The molecule has 3 heteroatoms. The third kappa shape index (κ3) is 2.18. The maximum absolute atomic E-state index is 6.07. The van der Waals surface area contributed by atoms with E-state index in [9.17, 15) is 0 Å². The van der Waals surface area contributed by atoms with Crippen LogP contribution in [-0.4, -0.2) is 13.1 Å². The number of hydrogen-bond donors (Lipinski definition) is 1. The summed E-state index contributed by atoms with van der Waals surface area (Å²) in [5.74, 6) is 0. The zero-order valence-electron chi connectivity index (χ0n) is 10.8. The fraction of sp³-hybridized carbons (Fsp3) is 0.600. The van der Waals surface area contributed by atoms with Crippen LogP contribution in [0.5, 0.6) is 0 Å². The van der Waals surface area contributed by atoms with Crippen molar-refractivity contribution < 1.29 is 0 Å². The normalized spacial score (nSPS) is 22.6. The molecule has 1 aromatic carbocycles. The first-order valence-electron chi connectivity index (χ1n) is 6.99. The highest BCUT2D eigenvalue weighted by Crippen LogP contribution is 2.47. The zero-order chi connectivity index (χ0) is 12.6. The van der Waals surface area contributed by atoms with Crippen LogP contribution in [0, 0.1) is 5.41 Å². The van der Waals surface area contributed by atoms with Gasteiger partial charge in [-0.2, -0.15) is 0 Å². The minimum absolute atomic E-state index is 0.657. The molecule has 1 saturated heterocycles. The van der Waals surface area contributed by atoms with Gasteiger partial charge in [0.25, 0.3) is 0 Å². The summed E-state index contributed by atoms with van der Waals surface area (Å²) in [6.45, 7) is 2.26. The van der Waals surface area contributed by atoms with Gasteiger partial charge in [0.05, 0.1) is 11.4 Å². The molecule has 0 amide bonds. The molecule has 2 nitrogen and oxygen atoms in total. The van der Waals surface area contributed by atoms with Gasteiger partial charge in [-0.1, -0.05) is 24.4 Å². The number of halogens is 1. The first kappa shape index (κ1) is 12.2. The van der Waals surface area contributed by atoms with Gasteiger partial charge in [0.2, 0.25) is 0 Å². The molecule has 1 aliphatic carbocycles. The van der Waals surface area contributed by atoms with Crippen molar-refractivity contribution in [1.29, 1.82) is 0 Å². The first-order chi connectivity index (χ1) is 8.69. The second-order valence-electron chi connectivity index (χ2n) is 5.90. The maximum atomic E-state index is 6.07. The molecule has 0 bridgehead atoms. The number of nitrogens with zero attached hydrogens (tertiary/aromatic N) is 1. The minimum Gasteiger partial charge on any atom is -0.397 e. The summed E-state index contributed by atoms with van der Waals surface area (Å²) in [6.07, 6.45) is 8.37. The van der Waals surface area contributed by atoms with E-state index in [0.29, 0.717) is 5.41 Å². The molecule has 0 unspecified atom stereocenters. The van der Waals surface area contributed by atoms with Gasteiger partial charge in [0.1, 0.15) is 0 Å². The largest absolute Gasteiger partial charge is 0.397 e. The standard InChI is InChI=1S/C15H21ClN2/c16-12-3-4-13(17)14(11-12)18-9-7-15(8-10-18)5-1-2-6-15/h3-4,11H,1-2,5-10,17H2. The third-order valence-electron chi connectivity index (χ3n) is 4.82. The number of benzene rings is 1. The monoisotopic (exact) mass is 264 g/mol. The Balaban J connectivity index is 1.74. The van der Waals surface area contributed by atoms with E-state index in [1.54, 1.807) is 0 Å². The van der Waals surface area contributed by atoms with Crippen molar-refractivity contribution in [2.75, 3.05) is 23.7 Å². The molecule has 2 fully saturated rings. The van der Waals surface area contributed by atoms with E-state index in [0.717, 1.165) is 29.5 Å². The number of hydrogen-bond acceptors (Lipinski definition) is 2. The van der Waals surface area contributed by atoms with Crippen LogP contribution in [0.4, 0.5) is 11.4 Å². The Hall–Kier alpha value is -0.890. The quantitative estimate of drug-likeness (QED) is 0.775. The fourth-order valence-electron chi connectivity index (χ4n) is 3.64. The highest BCUT2D eigenvalue weighted by atomic mass is 35.5. The summed E-state index contributed by atoms with van der Waals surface area (Å²) >= 11 is 6.07. The van der Waals surface area contributed by atoms with Crippen molar-refractivity contribution >= 4 is 23.0 Å². The lowest BCUT2D eigenvalue weighted by Gasteiger charge is -2.40. The molecule has 1 saturated carbocycles. The Kier molecular flexibility index (Phi) is 3.14. The van der Waals surface area contributed by atoms with Crippen molar-refractivity contribution in [3.8, 4) is 0 Å². The third-order valence-corrected chi connectivity index (χ3v) is 5.06. The molecule has 0 aromatic heterocycles. The van der Waals surface area contributed by atoms with Crippen LogP contribution in [0.1, 0.15) is 38.5 Å². The smallest absolute Gasteiger partial charge is 0.0614 e. The highest BCUT2D eigenvalue weighted by molar-refractivity contribution is 6.31. The lowest BCUT2D eigenvalue weighted by Crippen LogP contribution is -2.39. The van der Waals surface area contributed by atoms with Gasteiger partial charge in [-0.05, 0) is 49.3 Å². The number of piperidine rings is 1. The Morgan fingerprint density at radius 2 is 1.72 bits per heavy atom. The molecule has 98 valence electrons. The average molecular weight is 265 g/mol. The summed E-state index contributed by atoms with van der Waals surface area (Å²) in [5, 5.41) is 0.778. The Labute approximate surface area is 114 Å². The van der Waals surface area contributed by atoms with E-state index in [1.165, 1.54) is 38.5 Å².